The third-order valence-electron chi connectivity index (χ3n) is 2.28. The molecule has 0 fully saturated rings. The minimum Gasteiger partial charge on any atom is -0.477 e. The topological polar surface area (TPSA) is 59.4 Å². The van der Waals surface area contributed by atoms with Gasteiger partial charge in [0.15, 0.2) is 0 Å². The van der Waals surface area contributed by atoms with Gasteiger partial charge in [-0.3, -0.25) is 0 Å². The maximum atomic E-state index is 11.0. The van der Waals surface area contributed by atoms with Gasteiger partial charge in [0, 0.05) is 10.7 Å². The lowest BCUT2D eigenvalue weighted by atomic mass is 10.1. The minimum atomic E-state index is -1.04. The Hall–Kier alpha value is -1.10. The van der Waals surface area contributed by atoms with Crippen LogP contribution in [0.5, 0.6) is 5.88 Å². The minimum absolute atomic E-state index is 0.0712. The molecular weight excluding hydrogens is 274 g/mol. The van der Waals surface area contributed by atoms with Crippen LogP contribution in [0.2, 0.25) is 0 Å². The van der Waals surface area contributed by atoms with E-state index in [1.807, 2.05) is 20.8 Å². The van der Waals surface area contributed by atoms with E-state index < -0.39 is 5.97 Å². The number of pyridine rings is 1. The highest BCUT2D eigenvalue weighted by Crippen LogP contribution is 2.22. The number of carboxylic acids is 1. The molecule has 16 heavy (non-hydrogen) atoms. The van der Waals surface area contributed by atoms with E-state index in [4.69, 9.17) is 9.84 Å². The lowest BCUT2D eigenvalue weighted by molar-refractivity contribution is 0.0685. The summed E-state index contributed by atoms with van der Waals surface area (Å²) in [6.45, 7) is 5.90. The Morgan fingerprint density at radius 1 is 1.50 bits per heavy atom. The molecule has 1 aromatic rings. The van der Waals surface area contributed by atoms with E-state index in [9.17, 15) is 4.79 Å². The fourth-order valence-electron chi connectivity index (χ4n) is 0.986. The number of halogens is 1. The first-order chi connectivity index (χ1) is 7.41. The van der Waals surface area contributed by atoms with Gasteiger partial charge in [0.1, 0.15) is 5.56 Å². The van der Waals surface area contributed by atoms with Crippen LogP contribution in [-0.2, 0) is 0 Å². The first-order valence-corrected chi connectivity index (χ1v) is 5.76. The summed E-state index contributed by atoms with van der Waals surface area (Å²) < 4.78 is 6.13. The zero-order valence-electron chi connectivity index (χ0n) is 9.40. The van der Waals surface area contributed by atoms with Crippen LogP contribution in [0.3, 0.4) is 0 Å². The van der Waals surface area contributed by atoms with Crippen molar-refractivity contribution in [1.82, 2.24) is 4.98 Å². The van der Waals surface area contributed by atoms with E-state index in [0.29, 0.717) is 10.4 Å². The van der Waals surface area contributed by atoms with Crippen LogP contribution in [0.15, 0.2) is 16.7 Å². The van der Waals surface area contributed by atoms with Gasteiger partial charge in [-0.2, -0.15) is 0 Å². The lowest BCUT2D eigenvalue weighted by Gasteiger charge is -2.18. The Kier molecular flexibility index (Phi) is 4.29. The summed E-state index contributed by atoms with van der Waals surface area (Å²) >= 11 is 3.18. The molecule has 0 aliphatic rings. The van der Waals surface area contributed by atoms with E-state index in [0.717, 1.165) is 0 Å². The summed E-state index contributed by atoms with van der Waals surface area (Å²) in [6.07, 6.45) is 1.45. The van der Waals surface area contributed by atoms with Crippen molar-refractivity contribution in [2.45, 2.75) is 26.9 Å². The van der Waals surface area contributed by atoms with Gasteiger partial charge in [-0.05, 0) is 34.8 Å². The zero-order chi connectivity index (χ0) is 12.3. The molecule has 0 aliphatic carbocycles. The molecule has 0 radical (unpaired) electrons. The molecule has 0 amide bonds. The SMILES string of the molecule is CC(C)C(C)Oc1ncc(Br)cc1C(=O)O. The van der Waals surface area contributed by atoms with Crippen molar-refractivity contribution in [3.63, 3.8) is 0 Å². The molecule has 4 nitrogen and oxygen atoms in total. The average Bonchev–Trinajstić information content (AvgIpc) is 2.20. The second-order valence-corrected chi connectivity index (χ2v) is 4.79. The van der Waals surface area contributed by atoms with Crippen molar-refractivity contribution < 1.29 is 14.6 Å². The molecule has 5 heteroatoms. The van der Waals surface area contributed by atoms with Crippen molar-refractivity contribution in [2.24, 2.45) is 5.92 Å². The maximum Gasteiger partial charge on any atom is 0.341 e. The molecule has 0 aromatic carbocycles. The van der Waals surface area contributed by atoms with Gasteiger partial charge in [-0.25, -0.2) is 9.78 Å². The maximum absolute atomic E-state index is 11.0. The molecule has 0 saturated carbocycles. The highest BCUT2D eigenvalue weighted by atomic mass is 79.9. The van der Waals surface area contributed by atoms with Gasteiger partial charge >= 0.3 is 5.97 Å². The average molecular weight is 288 g/mol. The number of nitrogens with zero attached hydrogens (tertiary/aromatic N) is 1. The number of rotatable bonds is 4. The number of aromatic nitrogens is 1. The molecule has 1 rings (SSSR count). The molecule has 0 aliphatic heterocycles. The summed E-state index contributed by atoms with van der Waals surface area (Å²) in [5.74, 6) is -0.580. The molecule has 1 unspecified atom stereocenters. The summed E-state index contributed by atoms with van der Waals surface area (Å²) in [6, 6.07) is 1.48. The highest BCUT2D eigenvalue weighted by molar-refractivity contribution is 9.10. The lowest BCUT2D eigenvalue weighted by Crippen LogP contribution is -2.20. The second-order valence-electron chi connectivity index (χ2n) is 3.88. The number of carboxylic acid groups (broad SMARTS) is 1. The Morgan fingerprint density at radius 2 is 2.12 bits per heavy atom. The molecule has 0 spiro atoms. The van der Waals surface area contributed by atoms with E-state index in [2.05, 4.69) is 20.9 Å². The zero-order valence-corrected chi connectivity index (χ0v) is 11.0. The standard InChI is InChI=1S/C11H14BrNO3/c1-6(2)7(3)16-10-9(11(14)15)4-8(12)5-13-10/h4-7H,1-3H3,(H,14,15). The van der Waals surface area contributed by atoms with E-state index in [1.54, 1.807) is 0 Å². The Morgan fingerprint density at radius 3 is 2.62 bits per heavy atom. The Balaban J connectivity index is 2.99. The molecule has 0 saturated heterocycles. The molecule has 1 atom stereocenters. The fourth-order valence-corrected chi connectivity index (χ4v) is 1.32. The van der Waals surface area contributed by atoms with Crippen molar-refractivity contribution in [3.05, 3.63) is 22.3 Å². The summed E-state index contributed by atoms with van der Waals surface area (Å²) in [5, 5.41) is 9.00. The smallest absolute Gasteiger partial charge is 0.341 e. The third-order valence-corrected chi connectivity index (χ3v) is 2.72. The largest absolute Gasteiger partial charge is 0.477 e. The van der Waals surface area contributed by atoms with Gasteiger partial charge in [0.25, 0.3) is 0 Å². The molecular formula is C11H14BrNO3. The molecule has 1 aromatic heterocycles. The number of aromatic carboxylic acids is 1. The van der Waals surface area contributed by atoms with Gasteiger partial charge in [0.2, 0.25) is 5.88 Å². The molecule has 88 valence electrons. The number of hydrogen-bond donors (Lipinski definition) is 1. The molecule has 1 heterocycles. The van der Waals surface area contributed by atoms with E-state index in [1.165, 1.54) is 12.3 Å². The van der Waals surface area contributed by atoms with Crippen molar-refractivity contribution in [3.8, 4) is 5.88 Å². The van der Waals surface area contributed by atoms with Gasteiger partial charge in [-0.1, -0.05) is 13.8 Å². The Labute approximate surface area is 103 Å². The third kappa shape index (κ3) is 3.20. The normalized spacial score (nSPS) is 12.6. The van der Waals surface area contributed by atoms with Crippen LogP contribution in [-0.4, -0.2) is 22.2 Å². The van der Waals surface area contributed by atoms with Crippen molar-refractivity contribution >= 4 is 21.9 Å². The fraction of sp³-hybridized carbons (Fsp3) is 0.455. The van der Waals surface area contributed by atoms with Crippen LogP contribution >= 0.6 is 15.9 Å². The quantitative estimate of drug-likeness (QED) is 0.925. The molecule has 1 N–H and O–H groups in total. The Bertz CT molecular complexity index is 393. The highest BCUT2D eigenvalue weighted by Gasteiger charge is 2.17. The predicted molar refractivity (Wildman–Crippen MR) is 63.8 cm³/mol. The first-order valence-electron chi connectivity index (χ1n) is 4.97. The van der Waals surface area contributed by atoms with Crippen LogP contribution in [0.1, 0.15) is 31.1 Å². The van der Waals surface area contributed by atoms with Crippen LogP contribution < -0.4 is 4.74 Å². The first kappa shape index (κ1) is 13.0. The van der Waals surface area contributed by atoms with E-state index in [-0.39, 0.29) is 17.5 Å². The number of carbonyl (C=O) groups is 1. The van der Waals surface area contributed by atoms with Gasteiger partial charge in [0.05, 0.1) is 6.10 Å². The monoisotopic (exact) mass is 287 g/mol. The van der Waals surface area contributed by atoms with Crippen LogP contribution in [0, 0.1) is 5.92 Å². The summed E-state index contributed by atoms with van der Waals surface area (Å²) in [5.41, 5.74) is 0.0712. The summed E-state index contributed by atoms with van der Waals surface area (Å²) in [7, 11) is 0. The molecule has 0 bridgehead atoms. The number of ether oxygens (including phenoxy) is 1. The van der Waals surface area contributed by atoms with Gasteiger partial charge in [-0.15, -0.1) is 0 Å². The number of hydrogen-bond acceptors (Lipinski definition) is 3. The van der Waals surface area contributed by atoms with Gasteiger partial charge < -0.3 is 9.84 Å². The van der Waals surface area contributed by atoms with E-state index >= 15 is 0 Å². The van der Waals surface area contributed by atoms with Crippen LogP contribution in [0.4, 0.5) is 0 Å². The second kappa shape index (κ2) is 5.30. The van der Waals surface area contributed by atoms with Crippen LogP contribution in [0.25, 0.3) is 0 Å². The summed E-state index contributed by atoms with van der Waals surface area (Å²) in [4.78, 5) is 15.0. The van der Waals surface area contributed by atoms with Crippen molar-refractivity contribution in [1.29, 1.82) is 0 Å². The van der Waals surface area contributed by atoms with Crippen molar-refractivity contribution in [2.75, 3.05) is 0 Å². The predicted octanol–water partition coefficient (Wildman–Crippen LogP) is 2.97.